The number of hydrogen-bond donors (Lipinski definition) is 1. The van der Waals surface area contributed by atoms with Crippen LogP contribution in [0.25, 0.3) is 0 Å². The Hall–Kier alpha value is -1.43. The van der Waals surface area contributed by atoms with Crippen molar-refractivity contribution < 1.29 is 9.90 Å². The molecule has 1 rings (SSSR count). The summed E-state index contributed by atoms with van der Waals surface area (Å²) in [6.07, 6.45) is 3.37. The molecule has 1 N–H and O–H groups in total. The molecule has 0 spiro atoms. The number of nitrogens with zero attached hydrogens (tertiary/aromatic N) is 4. The molecule has 1 amide bonds. The van der Waals surface area contributed by atoms with Crippen LogP contribution in [0.4, 0.5) is 0 Å². The number of aromatic nitrogens is 3. The van der Waals surface area contributed by atoms with Crippen molar-refractivity contribution in [2.75, 3.05) is 13.6 Å². The molecule has 0 fully saturated rings. The summed E-state index contributed by atoms with van der Waals surface area (Å²) in [5.41, 5.74) is 0. The van der Waals surface area contributed by atoms with Gasteiger partial charge in [0.1, 0.15) is 6.54 Å². The summed E-state index contributed by atoms with van der Waals surface area (Å²) in [5, 5.41) is 16.4. The highest BCUT2D eigenvalue weighted by Gasteiger charge is 2.10. The van der Waals surface area contributed by atoms with E-state index in [-0.39, 0.29) is 18.6 Å². The van der Waals surface area contributed by atoms with Crippen molar-refractivity contribution in [1.29, 1.82) is 0 Å². The van der Waals surface area contributed by atoms with E-state index in [0.717, 1.165) is 0 Å². The fraction of sp³-hybridized carbons (Fsp3) is 0.667. The highest BCUT2D eigenvalue weighted by atomic mass is 16.3. The van der Waals surface area contributed by atoms with Gasteiger partial charge in [0, 0.05) is 19.8 Å². The highest BCUT2D eigenvalue weighted by Crippen LogP contribution is 1.95. The maximum Gasteiger partial charge on any atom is 0.244 e. The molecule has 84 valence electrons. The van der Waals surface area contributed by atoms with Crippen LogP contribution in [0.1, 0.15) is 13.3 Å². The smallest absolute Gasteiger partial charge is 0.244 e. The molecular formula is C9H16N4O2. The van der Waals surface area contributed by atoms with Gasteiger partial charge < -0.3 is 10.0 Å². The van der Waals surface area contributed by atoms with Gasteiger partial charge >= 0.3 is 0 Å². The summed E-state index contributed by atoms with van der Waals surface area (Å²) in [5.74, 6) is -0.0406. The highest BCUT2D eigenvalue weighted by molar-refractivity contribution is 5.75. The summed E-state index contributed by atoms with van der Waals surface area (Å²) in [7, 11) is 1.71. The Morgan fingerprint density at radius 3 is 2.93 bits per heavy atom. The van der Waals surface area contributed by atoms with E-state index < -0.39 is 0 Å². The summed E-state index contributed by atoms with van der Waals surface area (Å²) in [6.45, 7) is 2.44. The number of carbonyl (C=O) groups excluding carboxylic acids is 1. The van der Waals surface area contributed by atoms with Gasteiger partial charge in [-0.05, 0) is 13.3 Å². The first-order valence-electron chi connectivity index (χ1n) is 4.85. The van der Waals surface area contributed by atoms with Crippen LogP contribution in [0, 0.1) is 0 Å². The van der Waals surface area contributed by atoms with Crippen molar-refractivity contribution >= 4 is 5.91 Å². The molecule has 1 aromatic heterocycles. The van der Waals surface area contributed by atoms with Gasteiger partial charge in [-0.25, -0.2) is 4.68 Å². The Morgan fingerprint density at radius 1 is 1.67 bits per heavy atom. The minimum absolute atomic E-state index is 0.0406. The lowest BCUT2D eigenvalue weighted by molar-refractivity contribution is -0.131. The molecular weight excluding hydrogens is 196 g/mol. The third kappa shape index (κ3) is 4.07. The summed E-state index contributed by atoms with van der Waals surface area (Å²) < 4.78 is 1.47. The monoisotopic (exact) mass is 212 g/mol. The molecule has 15 heavy (non-hydrogen) atoms. The van der Waals surface area contributed by atoms with Gasteiger partial charge in [-0.3, -0.25) is 4.79 Å². The van der Waals surface area contributed by atoms with Gasteiger partial charge in [0.25, 0.3) is 0 Å². The minimum Gasteiger partial charge on any atom is -0.393 e. The molecule has 0 aliphatic rings. The van der Waals surface area contributed by atoms with E-state index in [1.807, 2.05) is 0 Å². The van der Waals surface area contributed by atoms with Crippen LogP contribution in [0.3, 0.4) is 0 Å². The van der Waals surface area contributed by atoms with Crippen LogP contribution in [0.5, 0.6) is 0 Å². The second-order valence-electron chi connectivity index (χ2n) is 3.55. The first-order valence-corrected chi connectivity index (χ1v) is 4.85. The molecule has 0 aliphatic carbocycles. The summed E-state index contributed by atoms with van der Waals surface area (Å²) in [4.78, 5) is 13.2. The standard InChI is InChI=1S/C9H16N4O2/c1-8(14)3-5-12(2)9(15)7-13-6-4-10-11-13/h4,6,8,14H,3,5,7H2,1-2H3. The molecule has 1 heterocycles. The average molecular weight is 212 g/mol. The van der Waals surface area contributed by atoms with Crippen molar-refractivity contribution in [3.8, 4) is 0 Å². The topological polar surface area (TPSA) is 71.2 Å². The molecule has 0 saturated carbocycles. The quantitative estimate of drug-likeness (QED) is 0.714. The SMILES string of the molecule is CC(O)CCN(C)C(=O)Cn1ccnn1. The van der Waals surface area contributed by atoms with Gasteiger partial charge in [0.15, 0.2) is 0 Å². The number of aliphatic hydroxyl groups excluding tert-OH is 1. The number of carbonyl (C=O) groups is 1. The molecule has 6 heteroatoms. The predicted octanol–water partition coefficient (Wildman–Crippen LogP) is -0.493. The fourth-order valence-electron chi connectivity index (χ4n) is 1.08. The molecule has 0 radical (unpaired) electrons. The zero-order valence-corrected chi connectivity index (χ0v) is 9.00. The third-order valence-electron chi connectivity index (χ3n) is 2.08. The average Bonchev–Trinajstić information content (AvgIpc) is 2.66. The zero-order chi connectivity index (χ0) is 11.3. The molecule has 1 unspecified atom stereocenters. The minimum atomic E-state index is -0.383. The van der Waals surface area contributed by atoms with Gasteiger partial charge in [-0.15, -0.1) is 5.10 Å². The van der Waals surface area contributed by atoms with Gasteiger partial charge in [-0.2, -0.15) is 0 Å². The van der Waals surface area contributed by atoms with E-state index in [1.165, 1.54) is 10.9 Å². The molecule has 6 nitrogen and oxygen atoms in total. The zero-order valence-electron chi connectivity index (χ0n) is 9.00. The Kier molecular flexibility index (Phi) is 4.23. The lowest BCUT2D eigenvalue weighted by atomic mass is 10.3. The molecule has 0 aliphatic heterocycles. The first kappa shape index (κ1) is 11.6. The largest absolute Gasteiger partial charge is 0.393 e. The molecule has 0 bridgehead atoms. The molecule has 0 saturated heterocycles. The van der Waals surface area contributed by atoms with E-state index in [2.05, 4.69) is 10.3 Å². The van der Waals surface area contributed by atoms with Crippen molar-refractivity contribution in [1.82, 2.24) is 19.9 Å². The van der Waals surface area contributed by atoms with Crippen molar-refractivity contribution in [2.45, 2.75) is 26.0 Å². The van der Waals surface area contributed by atoms with Crippen molar-refractivity contribution in [3.63, 3.8) is 0 Å². The maximum absolute atomic E-state index is 11.6. The number of likely N-dealkylation sites (N-methyl/N-ethyl adjacent to an activating group) is 1. The first-order chi connectivity index (χ1) is 7.09. The van der Waals surface area contributed by atoms with Crippen LogP contribution in [0.15, 0.2) is 12.4 Å². The van der Waals surface area contributed by atoms with Gasteiger partial charge in [0.2, 0.25) is 5.91 Å². The number of hydrogen-bond acceptors (Lipinski definition) is 4. The van der Waals surface area contributed by atoms with E-state index in [9.17, 15) is 4.79 Å². The predicted molar refractivity (Wildman–Crippen MR) is 54.0 cm³/mol. The second-order valence-corrected chi connectivity index (χ2v) is 3.55. The maximum atomic E-state index is 11.6. The molecule has 0 aromatic carbocycles. The second kappa shape index (κ2) is 5.45. The molecule has 1 atom stereocenters. The Labute approximate surface area is 88.5 Å². The summed E-state index contributed by atoms with van der Waals surface area (Å²) in [6, 6.07) is 0. The van der Waals surface area contributed by atoms with Gasteiger partial charge in [0.05, 0.1) is 12.3 Å². The Morgan fingerprint density at radius 2 is 2.40 bits per heavy atom. The Balaban J connectivity index is 2.33. The van der Waals surface area contributed by atoms with Crippen molar-refractivity contribution in [2.24, 2.45) is 0 Å². The van der Waals surface area contributed by atoms with E-state index in [0.29, 0.717) is 13.0 Å². The lowest BCUT2D eigenvalue weighted by Crippen LogP contribution is -2.32. The lowest BCUT2D eigenvalue weighted by Gasteiger charge is -2.17. The van der Waals surface area contributed by atoms with Crippen molar-refractivity contribution in [3.05, 3.63) is 12.4 Å². The van der Waals surface area contributed by atoms with E-state index >= 15 is 0 Å². The van der Waals surface area contributed by atoms with Crippen LogP contribution in [-0.2, 0) is 11.3 Å². The van der Waals surface area contributed by atoms with E-state index in [4.69, 9.17) is 5.11 Å². The van der Waals surface area contributed by atoms with Crippen LogP contribution in [-0.4, -0.2) is 50.6 Å². The number of aliphatic hydroxyl groups is 1. The van der Waals surface area contributed by atoms with Crippen LogP contribution >= 0.6 is 0 Å². The third-order valence-corrected chi connectivity index (χ3v) is 2.08. The van der Waals surface area contributed by atoms with Gasteiger partial charge in [-0.1, -0.05) is 5.21 Å². The number of amides is 1. The van der Waals surface area contributed by atoms with Crippen LogP contribution in [0.2, 0.25) is 0 Å². The van der Waals surface area contributed by atoms with Crippen LogP contribution < -0.4 is 0 Å². The molecule has 1 aromatic rings. The summed E-state index contributed by atoms with van der Waals surface area (Å²) >= 11 is 0. The number of rotatable bonds is 5. The van der Waals surface area contributed by atoms with E-state index in [1.54, 1.807) is 25.1 Å². The normalized spacial score (nSPS) is 12.5. The Bertz CT molecular complexity index is 297. The fourth-order valence-corrected chi connectivity index (χ4v) is 1.08.